The molecule has 2 rings (SSSR count). The van der Waals surface area contributed by atoms with E-state index in [0.29, 0.717) is 17.0 Å². The molecule has 5 heteroatoms. The number of sulfonamides is 1. The Kier molecular flexibility index (Phi) is 4.23. The molecule has 0 saturated carbocycles. The molecule has 0 amide bonds. The number of hydrogen-bond acceptors (Lipinski definition) is 3. The van der Waals surface area contributed by atoms with Gasteiger partial charge in [0.2, 0.25) is 0 Å². The van der Waals surface area contributed by atoms with E-state index in [9.17, 15) is 8.42 Å². The summed E-state index contributed by atoms with van der Waals surface area (Å²) in [6.07, 6.45) is 0. The van der Waals surface area contributed by atoms with E-state index in [1.165, 1.54) is 0 Å². The lowest BCUT2D eigenvalue weighted by molar-refractivity contribution is 0.411. The Morgan fingerprint density at radius 1 is 0.952 bits per heavy atom. The van der Waals surface area contributed by atoms with Crippen molar-refractivity contribution in [2.75, 3.05) is 11.8 Å². The van der Waals surface area contributed by atoms with Gasteiger partial charge >= 0.3 is 0 Å². The molecule has 2 aromatic carbocycles. The van der Waals surface area contributed by atoms with Gasteiger partial charge in [-0.2, -0.15) is 0 Å². The standard InChI is InChI=1S/C16H19NO3S/c1-11-5-7-14(8-6-11)17-21(18,19)16-10-12(2)15(20-4)9-13(16)3/h5-10,17H,1-4H3. The third kappa shape index (κ3) is 3.36. The van der Waals surface area contributed by atoms with E-state index in [2.05, 4.69) is 4.72 Å². The van der Waals surface area contributed by atoms with Crippen LogP contribution in [0.15, 0.2) is 41.3 Å². The third-order valence-corrected chi connectivity index (χ3v) is 4.81. The molecular weight excluding hydrogens is 286 g/mol. The summed E-state index contributed by atoms with van der Waals surface area (Å²) in [6.45, 7) is 5.53. The van der Waals surface area contributed by atoms with Crippen LogP contribution in [0.1, 0.15) is 16.7 Å². The average molecular weight is 305 g/mol. The van der Waals surface area contributed by atoms with Gasteiger partial charge in [-0.3, -0.25) is 4.72 Å². The number of hydrogen-bond donors (Lipinski definition) is 1. The van der Waals surface area contributed by atoms with Crippen molar-refractivity contribution < 1.29 is 13.2 Å². The van der Waals surface area contributed by atoms with Gasteiger partial charge in [0.15, 0.2) is 0 Å². The molecule has 0 aromatic heterocycles. The fourth-order valence-corrected chi connectivity index (χ4v) is 3.48. The summed E-state index contributed by atoms with van der Waals surface area (Å²) in [7, 11) is -2.04. The van der Waals surface area contributed by atoms with Crippen LogP contribution in [-0.2, 0) is 10.0 Å². The number of rotatable bonds is 4. The smallest absolute Gasteiger partial charge is 0.262 e. The number of anilines is 1. The highest BCUT2D eigenvalue weighted by molar-refractivity contribution is 7.92. The van der Waals surface area contributed by atoms with Gasteiger partial charge in [-0.15, -0.1) is 0 Å². The Morgan fingerprint density at radius 3 is 2.14 bits per heavy atom. The lowest BCUT2D eigenvalue weighted by Crippen LogP contribution is -2.14. The summed E-state index contributed by atoms with van der Waals surface area (Å²) in [5.74, 6) is 0.682. The van der Waals surface area contributed by atoms with Crippen molar-refractivity contribution in [1.82, 2.24) is 0 Å². The molecule has 0 aliphatic carbocycles. The average Bonchev–Trinajstić information content (AvgIpc) is 2.43. The molecule has 0 atom stereocenters. The summed E-state index contributed by atoms with van der Waals surface area (Å²) < 4.78 is 32.8. The van der Waals surface area contributed by atoms with Gasteiger partial charge in [-0.25, -0.2) is 8.42 Å². The van der Waals surface area contributed by atoms with E-state index in [1.807, 2.05) is 26.0 Å². The lowest BCUT2D eigenvalue weighted by atomic mass is 10.1. The summed E-state index contributed by atoms with van der Waals surface area (Å²) in [5, 5.41) is 0. The van der Waals surface area contributed by atoms with Gasteiger partial charge < -0.3 is 4.74 Å². The zero-order valence-electron chi connectivity index (χ0n) is 12.6. The fourth-order valence-electron chi connectivity index (χ4n) is 2.10. The number of methoxy groups -OCH3 is 1. The first kappa shape index (κ1) is 15.4. The predicted molar refractivity (Wildman–Crippen MR) is 84.5 cm³/mol. The Bertz CT molecular complexity index is 750. The zero-order chi connectivity index (χ0) is 15.6. The van der Waals surface area contributed by atoms with Crippen molar-refractivity contribution in [3.05, 3.63) is 53.1 Å². The van der Waals surface area contributed by atoms with E-state index >= 15 is 0 Å². The van der Waals surface area contributed by atoms with Crippen LogP contribution >= 0.6 is 0 Å². The highest BCUT2D eigenvalue weighted by Crippen LogP contribution is 2.27. The number of benzene rings is 2. The van der Waals surface area contributed by atoms with Gasteiger partial charge in [0.05, 0.1) is 12.0 Å². The molecule has 4 nitrogen and oxygen atoms in total. The van der Waals surface area contributed by atoms with E-state index < -0.39 is 10.0 Å². The largest absolute Gasteiger partial charge is 0.496 e. The number of ether oxygens (including phenoxy) is 1. The van der Waals surface area contributed by atoms with Gasteiger partial charge in [-0.1, -0.05) is 17.7 Å². The first-order valence-corrected chi connectivity index (χ1v) is 8.06. The maximum Gasteiger partial charge on any atom is 0.262 e. The second kappa shape index (κ2) is 5.77. The Balaban J connectivity index is 2.40. The van der Waals surface area contributed by atoms with E-state index in [-0.39, 0.29) is 4.90 Å². The van der Waals surface area contributed by atoms with Crippen molar-refractivity contribution in [2.45, 2.75) is 25.7 Å². The SMILES string of the molecule is COc1cc(C)c(S(=O)(=O)Nc2ccc(C)cc2)cc1C. The molecule has 1 N–H and O–H groups in total. The van der Waals surface area contributed by atoms with E-state index in [0.717, 1.165) is 11.1 Å². The molecule has 0 fully saturated rings. The van der Waals surface area contributed by atoms with Gasteiger partial charge in [0, 0.05) is 5.69 Å². The predicted octanol–water partition coefficient (Wildman–Crippen LogP) is 3.42. The normalized spacial score (nSPS) is 11.2. The van der Waals surface area contributed by atoms with E-state index in [4.69, 9.17) is 4.74 Å². The minimum absolute atomic E-state index is 0.265. The molecule has 0 aliphatic heterocycles. The first-order valence-electron chi connectivity index (χ1n) is 6.58. The van der Waals surface area contributed by atoms with Crippen molar-refractivity contribution >= 4 is 15.7 Å². The zero-order valence-corrected chi connectivity index (χ0v) is 13.4. The maximum absolute atomic E-state index is 12.5. The summed E-state index contributed by atoms with van der Waals surface area (Å²) in [5.41, 5.74) is 3.06. The van der Waals surface area contributed by atoms with Gasteiger partial charge in [0.1, 0.15) is 5.75 Å². The Hall–Kier alpha value is -2.01. The monoisotopic (exact) mass is 305 g/mol. The summed E-state index contributed by atoms with van der Waals surface area (Å²) in [4.78, 5) is 0.265. The summed E-state index contributed by atoms with van der Waals surface area (Å²) in [6, 6.07) is 10.6. The molecule has 0 bridgehead atoms. The Labute approximate surface area is 125 Å². The molecule has 0 saturated heterocycles. The van der Waals surface area contributed by atoms with E-state index in [1.54, 1.807) is 38.3 Å². The lowest BCUT2D eigenvalue weighted by Gasteiger charge is -2.13. The van der Waals surface area contributed by atoms with Crippen LogP contribution in [0, 0.1) is 20.8 Å². The maximum atomic E-state index is 12.5. The molecular formula is C16H19NO3S. The summed E-state index contributed by atoms with van der Waals surface area (Å²) >= 11 is 0. The number of aryl methyl sites for hydroxylation is 3. The highest BCUT2D eigenvalue weighted by Gasteiger charge is 2.18. The van der Waals surface area contributed by atoms with Crippen LogP contribution in [-0.4, -0.2) is 15.5 Å². The van der Waals surface area contributed by atoms with Crippen molar-refractivity contribution in [2.24, 2.45) is 0 Å². The van der Waals surface area contributed by atoms with Crippen molar-refractivity contribution in [3.8, 4) is 5.75 Å². The second-order valence-corrected chi connectivity index (χ2v) is 6.71. The minimum atomic E-state index is -3.61. The molecule has 112 valence electrons. The van der Waals surface area contributed by atoms with Crippen LogP contribution in [0.3, 0.4) is 0 Å². The molecule has 0 spiro atoms. The van der Waals surface area contributed by atoms with Crippen LogP contribution in [0.4, 0.5) is 5.69 Å². The van der Waals surface area contributed by atoms with Crippen LogP contribution in [0.2, 0.25) is 0 Å². The van der Waals surface area contributed by atoms with Crippen molar-refractivity contribution in [3.63, 3.8) is 0 Å². The quantitative estimate of drug-likeness (QED) is 0.941. The van der Waals surface area contributed by atoms with Crippen LogP contribution < -0.4 is 9.46 Å². The van der Waals surface area contributed by atoms with Crippen LogP contribution in [0.25, 0.3) is 0 Å². The van der Waals surface area contributed by atoms with Gasteiger partial charge in [0.25, 0.3) is 10.0 Å². The molecule has 0 radical (unpaired) electrons. The minimum Gasteiger partial charge on any atom is -0.496 e. The fraction of sp³-hybridized carbons (Fsp3) is 0.250. The van der Waals surface area contributed by atoms with Crippen LogP contribution in [0.5, 0.6) is 5.75 Å². The Morgan fingerprint density at radius 2 is 1.57 bits per heavy atom. The molecule has 0 heterocycles. The molecule has 0 unspecified atom stereocenters. The van der Waals surface area contributed by atoms with Gasteiger partial charge in [-0.05, 0) is 56.2 Å². The molecule has 2 aromatic rings. The molecule has 21 heavy (non-hydrogen) atoms. The highest BCUT2D eigenvalue weighted by atomic mass is 32.2. The van der Waals surface area contributed by atoms with Crippen molar-refractivity contribution in [1.29, 1.82) is 0 Å². The first-order chi connectivity index (χ1) is 9.83. The second-order valence-electron chi connectivity index (χ2n) is 5.06. The third-order valence-electron chi connectivity index (χ3n) is 3.29. The molecule has 0 aliphatic rings. The topological polar surface area (TPSA) is 55.4 Å². The number of nitrogens with one attached hydrogen (secondary N) is 1.